The van der Waals surface area contributed by atoms with Crippen LogP contribution in [0.1, 0.15) is 25.6 Å². The van der Waals surface area contributed by atoms with Crippen molar-refractivity contribution in [3.8, 4) is 11.5 Å². The van der Waals surface area contributed by atoms with Gasteiger partial charge in [-0.2, -0.15) is 0 Å². The molecule has 116 valence electrons. The molecule has 1 heterocycles. The van der Waals surface area contributed by atoms with E-state index < -0.39 is 5.97 Å². The molecule has 0 spiro atoms. The van der Waals surface area contributed by atoms with Gasteiger partial charge in [-0.3, -0.25) is 4.79 Å². The molecule has 0 saturated carbocycles. The molecule has 0 bridgehead atoms. The van der Waals surface area contributed by atoms with Crippen LogP contribution < -0.4 is 9.47 Å². The molecule has 0 aliphatic carbocycles. The molecular formula is C16H16O5S. The number of hydrogen-bond donors (Lipinski definition) is 0. The second-order valence-electron chi connectivity index (χ2n) is 4.50. The predicted molar refractivity (Wildman–Crippen MR) is 83.2 cm³/mol. The third kappa shape index (κ3) is 3.46. The Morgan fingerprint density at radius 2 is 1.91 bits per heavy atom. The Bertz CT molecular complexity index is 690. The van der Waals surface area contributed by atoms with Crippen molar-refractivity contribution in [1.29, 1.82) is 0 Å². The van der Waals surface area contributed by atoms with E-state index in [-0.39, 0.29) is 12.4 Å². The van der Waals surface area contributed by atoms with Crippen LogP contribution in [0.15, 0.2) is 29.6 Å². The average Bonchev–Trinajstić information content (AvgIpc) is 2.97. The fourth-order valence-corrected chi connectivity index (χ4v) is 2.71. The number of rotatable bonds is 6. The molecule has 0 fully saturated rings. The molecule has 0 radical (unpaired) electrons. The van der Waals surface area contributed by atoms with Crippen LogP contribution in [-0.2, 0) is 4.74 Å². The summed E-state index contributed by atoms with van der Waals surface area (Å²) in [4.78, 5) is 24.7. The van der Waals surface area contributed by atoms with E-state index in [4.69, 9.17) is 14.2 Å². The highest BCUT2D eigenvalue weighted by atomic mass is 32.1. The van der Waals surface area contributed by atoms with Gasteiger partial charge in [-0.15, -0.1) is 11.3 Å². The van der Waals surface area contributed by atoms with E-state index in [0.29, 0.717) is 21.9 Å². The van der Waals surface area contributed by atoms with E-state index >= 15 is 0 Å². The third-order valence-electron chi connectivity index (χ3n) is 3.09. The number of aryl methyl sites for hydroxylation is 1. The van der Waals surface area contributed by atoms with Gasteiger partial charge in [0.2, 0.25) is 5.78 Å². The molecule has 1 aromatic carbocycles. The van der Waals surface area contributed by atoms with Crippen molar-refractivity contribution in [2.24, 2.45) is 0 Å². The number of carbonyl (C=O) groups is 2. The number of Topliss-reactive ketones (excluding diaryl/α,β-unsaturated/α-hetero) is 1. The van der Waals surface area contributed by atoms with Gasteiger partial charge in [-0.25, -0.2) is 4.79 Å². The lowest BCUT2D eigenvalue weighted by molar-refractivity contribution is 0.0478. The number of thiophene rings is 1. The van der Waals surface area contributed by atoms with Gasteiger partial charge < -0.3 is 14.2 Å². The number of carbonyl (C=O) groups excluding carboxylic acids is 2. The summed E-state index contributed by atoms with van der Waals surface area (Å²) in [6.07, 6.45) is 0. The van der Waals surface area contributed by atoms with Gasteiger partial charge in [0.1, 0.15) is 16.4 Å². The number of ketones is 1. The van der Waals surface area contributed by atoms with Gasteiger partial charge in [-0.05, 0) is 42.1 Å². The van der Waals surface area contributed by atoms with E-state index in [1.165, 1.54) is 25.6 Å². The highest BCUT2D eigenvalue weighted by molar-refractivity contribution is 7.12. The maximum Gasteiger partial charge on any atom is 0.349 e. The number of methoxy groups -OCH3 is 2. The molecule has 5 nitrogen and oxygen atoms in total. The predicted octanol–water partition coefficient (Wildman–Crippen LogP) is 3.11. The van der Waals surface area contributed by atoms with Gasteiger partial charge in [0.05, 0.1) is 19.8 Å². The Morgan fingerprint density at radius 1 is 1.14 bits per heavy atom. The minimum atomic E-state index is -0.497. The lowest BCUT2D eigenvalue weighted by atomic mass is 10.1. The zero-order valence-electron chi connectivity index (χ0n) is 12.5. The molecule has 6 heteroatoms. The highest BCUT2D eigenvalue weighted by Crippen LogP contribution is 2.24. The van der Waals surface area contributed by atoms with Gasteiger partial charge in [0.25, 0.3) is 0 Å². The number of esters is 1. The lowest BCUT2D eigenvalue weighted by Crippen LogP contribution is -2.15. The summed E-state index contributed by atoms with van der Waals surface area (Å²) in [5, 5.41) is 1.80. The van der Waals surface area contributed by atoms with Crippen LogP contribution in [-0.4, -0.2) is 32.6 Å². The first-order chi connectivity index (χ1) is 10.6. The molecule has 2 aromatic rings. The molecule has 0 unspecified atom stereocenters. The van der Waals surface area contributed by atoms with E-state index in [0.717, 1.165) is 5.56 Å². The van der Waals surface area contributed by atoms with Crippen LogP contribution in [0.25, 0.3) is 0 Å². The molecule has 2 rings (SSSR count). The maximum absolute atomic E-state index is 12.2. The second kappa shape index (κ2) is 7.09. The zero-order chi connectivity index (χ0) is 16.1. The average molecular weight is 320 g/mol. The normalized spacial score (nSPS) is 10.1. The van der Waals surface area contributed by atoms with Gasteiger partial charge in [-0.1, -0.05) is 0 Å². The van der Waals surface area contributed by atoms with Crippen LogP contribution in [0.5, 0.6) is 11.5 Å². The summed E-state index contributed by atoms with van der Waals surface area (Å²) in [7, 11) is 2.98. The fraction of sp³-hybridized carbons (Fsp3) is 0.250. The van der Waals surface area contributed by atoms with Crippen molar-refractivity contribution in [3.63, 3.8) is 0 Å². The van der Waals surface area contributed by atoms with Gasteiger partial charge in [0.15, 0.2) is 6.61 Å². The van der Waals surface area contributed by atoms with Crippen molar-refractivity contribution in [2.75, 3.05) is 20.8 Å². The minimum absolute atomic E-state index is 0.317. The van der Waals surface area contributed by atoms with Crippen molar-refractivity contribution < 1.29 is 23.8 Å². The van der Waals surface area contributed by atoms with Crippen molar-refractivity contribution in [1.82, 2.24) is 0 Å². The number of ether oxygens (including phenoxy) is 3. The van der Waals surface area contributed by atoms with E-state index in [1.807, 2.05) is 13.0 Å². The monoisotopic (exact) mass is 320 g/mol. The molecule has 0 N–H and O–H groups in total. The van der Waals surface area contributed by atoms with Crippen LogP contribution in [0, 0.1) is 6.92 Å². The molecule has 0 aliphatic rings. The molecule has 0 amide bonds. The lowest BCUT2D eigenvalue weighted by Gasteiger charge is -2.10. The molecule has 0 atom stereocenters. The third-order valence-corrected chi connectivity index (χ3v) is 4.09. The van der Waals surface area contributed by atoms with Crippen LogP contribution in [0.4, 0.5) is 0 Å². The first kappa shape index (κ1) is 16.0. The molecule has 1 aromatic heterocycles. The Morgan fingerprint density at radius 3 is 2.50 bits per heavy atom. The smallest absolute Gasteiger partial charge is 0.349 e. The standard InChI is InChI=1S/C16H16O5S/c1-10-6-7-22-15(10)16(18)21-9-13(17)12-8-11(19-2)4-5-14(12)20-3/h4-8H,9H2,1-3H3. The number of benzene rings is 1. The SMILES string of the molecule is COc1ccc(OC)c(C(=O)COC(=O)c2sccc2C)c1. The molecule has 0 aliphatic heterocycles. The zero-order valence-corrected chi connectivity index (χ0v) is 13.4. The quantitative estimate of drug-likeness (QED) is 0.604. The first-order valence-electron chi connectivity index (χ1n) is 6.53. The van der Waals surface area contributed by atoms with Gasteiger partial charge in [0, 0.05) is 0 Å². The van der Waals surface area contributed by atoms with Crippen molar-refractivity contribution in [2.45, 2.75) is 6.92 Å². The van der Waals surface area contributed by atoms with E-state index in [2.05, 4.69) is 0 Å². The Hall–Kier alpha value is -2.34. The largest absolute Gasteiger partial charge is 0.497 e. The minimum Gasteiger partial charge on any atom is -0.497 e. The fourth-order valence-electron chi connectivity index (χ4n) is 1.89. The molecule has 0 saturated heterocycles. The van der Waals surface area contributed by atoms with Gasteiger partial charge >= 0.3 is 5.97 Å². The van der Waals surface area contributed by atoms with E-state index in [1.54, 1.807) is 23.6 Å². The van der Waals surface area contributed by atoms with Crippen molar-refractivity contribution >= 4 is 23.1 Å². The van der Waals surface area contributed by atoms with Crippen LogP contribution in [0.2, 0.25) is 0 Å². The molecule has 22 heavy (non-hydrogen) atoms. The summed E-state index contributed by atoms with van der Waals surface area (Å²) >= 11 is 1.29. The topological polar surface area (TPSA) is 61.8 Å². The summed E-state index contributed by atoms with van der Waals surface area (Å²) in [6, 6.07) is 6.72. The van der Waals surface area contributed by atoms with E-state index in [9.17, 15) is 9.59 Å². The summed E-state index contributed by atoms with van der Waals surface area (Å²) in [5.41, 5.74) is 1.15. The Kier molecular flexibility index (Phi) is 5.16. The van der Waals surface area contributed by atoms with Crippen LogP contribution >= 0.6 is 11.3 Å². The number of hydrogen-bond acceptors (Lipinski definition) is 6. The highest BCUT2D eigenvalue weighted by Gasteiger charge is 2.18. The molecular weight excluding hydrogens is 304 g/mol. The van der Waals surface area contributed by atoms with Crippen LogP contribution in [0.3, 0.4) is 0 Å². The summed E-state index contributed by atoms with van der Waals surface area (Å²) in [6.45, 7) is 1.47. The first-order valence-corrected chi connectivity index (χ1v) is 7.41. The Balaban J connectivity index is 2.09. The summed E-state index contributed by atoms with van der Waals surface area (Å²) in [5.74, 6) is 0.0970. The summed E-state index contributed by atoms with van der Waals surface area (Å²) < 4.78 is 15.3. The maximum atomic E-state index is 12.2. The Labute approximate surface area is 132 Å². The second-order valence-corrected chi connectivity index (χ2v) is 5.41. The van der Waals surface area contributed by atoms with Crippen molar-refractivity contribution in [3.05, 3.63) is 45.6 Å².